The van der Waals surface area contributed by atoms with Crippen molar-refractivity contribution in [2.75, 3.05) is 13.1 Å². The average Bonchev–Trinajstić information content (AvgIpc) is 3.24. The molecule has 0 radical (unpaired) electrons. The summed E-state index contributed by atoms with van der Waals surface area (Å²) < 4.78 is 1.81. The Hall–Kier alpha value is -2.02. The van der Waals surface area contributed by atoms with E-state index in [9.17, 15) is 4.79 Å². The number of thiophene rings is 1. The van der Waals surface area contributed by atoms with Crippen LogP contribution in [0.25, 0.3) is 10.2 Å². The summed E-state index contributed by atoms with van der Waals surface area (Å²) in [5.41, 5.74) is 4.24. The molecule has 0 amide bonds. The van der Waals surface area contributed by atoms with Crippen LogP contribution in [0.1, 0.15) is 28.0 Å². The van der Waals surface area contributed by atoms with E-state index in [4.69, 9.17) is 0 Å². The van der Waals surface area contributed by atoms with Crippen molar-refractivity contribution in [3.8, 4) is 0 Å². The Kier molecular flexibility index (Phi) is 4.11. The number of nitrogens with one attached hydrogen (secondary N) is 1. The lowest BCUT2D eigenvalue weighted by Gasteiger charge is -2.15. The minimum Gasteiger partial charge on any atom is -0.312 e. The Balaban J connectivity index is 1.30. The minimum atomic E-state index is 0.138. The number of aromatic nitrogens is 2. The molecule has 5 rings (SSSR count). The second-order valence-corrected chi connectivity index (χ2v) is 8.27. The van der Waals surface area contributed by atoms with Crippen LogP contribution in [0.2, 0.25) is 0 Å². The van der Waals surface area contributed by atoms with Gasteiger partial charge < -0.3 is 5.32 Å². The molecular formula is C20H22N4OS. The van der Waals surface area contributed by atoms with Crippen LogP contribution in [0.4, 0.5) is 0 Å². The highest BCUT2D eigenvalue weighted by Crippen LogP contribution is 2.29. The molecule has 5 nitrogen and oxygen atoms in total. The average molecular weight is 366 g/mol. The second-order valence-electron chi connectivity index (χ2n) is 7.19. The predicted molar refractivity (Wildman–Crippen MR) is 104 cm³/mol. The van der Waals surface area contributed by atoms with Crippen LogP contribution in [0.5, 0.6) is 0 Å². The zero-order valence-corrected chi connectivity index (χ0v) is 15.5. The zero-order valence-electron chi connectivity index (χ0n) is 14.7. The van der Waals surface area contributed by atoms with Crippen LogP contribution in [0.3, 0.4) is 0 Å². The lowest BCUT2D eigenvalue weighted by Crippen LogP contribution is -2.26. The second kappa shape index (κ2) is 6.61. The Morgan fingerprint density at radius 3 is 2.77 bits per heavy atom. The molecule has 0 spiro atoms. The third-order valence-corrected chi connectivity index (χ3v) is 6.62. The van der Waals surface area contributed by atoms with Crippen molar-refractivity contribution in [3.63, 3.8) is 0 Å². The highest BCUT2D eigenvalue weighted by molar-refractivity contribution is 7.18. The quantitative estimate of drug-likeness (QED) is 0.771. The molecule has 3 aromatic rings. The van der Waals surface area contributed by atoms with Crippen LogP contribution in [0.15, 0.2) is 35.4 Å². The maximum absolute atomic E-state index is 13.0. The standard InChI is InChI=1S/C20H22N4OS/c25-20-18-16-6-7-21-10-17(16)26-19(18)22-13-24(20)9-3-8-23-11-14-4-1-2-5-15(14)12-23/h1-2,4-5,13,21H,3,6-12H2. The minimum absolute atomic E-state index is 0.138. The van der Waals surface area contributed by atoms with Crippen molar-refractivity contribution in [1.29, 1.82) is 0 Å². The van der Waals surface area contributed by atoms with Gasteiger partial charge in [0, 0.05) is 37.6 Å². The molecule has 0 bridgehead atoms. The van der Waals surface area contributed by atoms with Crippen LogP contribution in [0, 0.1) is 0 Å². The molecular weight excluding hydrogens is 344 g/mol. The number of fused-ring (bicyclic) bond motifs is 4. The highest BCUT2D eigenvalue weighted by atomic mass is 32.1. The van der Waals surface area contributed by atoms with Gasteiger partial charge in [0.25, 0.3) is 5.56 Å². The van der Waals surface area contributed by atoms with Gasteiger partial charge in [-0.05, 0) is 36.1 Å². The Labute approximate surface area is 156 Å². The van der Waals surface area contributed by atoms with E-state index in [2.05, 4.69) is 39.5 Å². The summed E-state index contributed by atoms with van der Waals surface area (Å²) >= 11 is 1.66. The molecule has 6 heteroatoms. The summed E-state index contributed by atoms with van der Waals surface area (Å²) in [6.07, 6.45) is 3.63. The smallest absolute Gasteiger partial charge is 0.262 e. The van der Waals surface area contributed by atoms with E-state index in [1.165, 1.54) is 21.6 Å². The van der Waals surface area contributed by atoms with E-state index in [1.807, 2.05) is 0 Å². The van der Waals surface area contributed by atoms with Crippen LogP contribution >= 0.6 is 11.3 Å². The first-order valence-electron chi connectivity index (χ1n) is 9.29. The highest BCUT2D eigenvalue weighted by Gasteiger charge is 2.20. The van der Waals surface area contributed by atoms with Gasteiger partial charge in [-0.2, -0.15) is 0 Å². The van der Waals surface area contributed by atoms with E-state index in [0.717, 1.165) is 62.3 Å². The van der Waals surface area contributed by atoms with Crippen molar-refractivity contribution in [3.05, 3.63) is 62.5 Å². The van der Waals surface area contributed by atoms with E-state index in [-0.39, 0.29) is 5.56 Å². The van der Waals surface area contributed by atoms with Crippen molar-refractivity contribution < 1.29 is 0 Å². The van der Waals surface area contributed by atoms with Gasteiger partial charge in [0.1, 0.15) is 4.83 Å². The van der Waals surface area contributed by atoms with Crippen LogP contribution < -0.4 is 10.9 Å². The van der Waals surface area contributed by atoms with Crippen LogP contribution in [-0.2, 0) is 32.6 Å². The SMILES string of the molecule is O=c1c2c3c(sc2ncn1CCCN1Cc2ccccc2C1)CNCC3. The summed E-state index contributed by atoms with van der Waals surface area (Å²) in [5.74, 6) is 0. The fourth-order valence-corrected chi connectivity index (χ4v) is 5.28. The van der Waals surface area contributed by atoms with Crippen molar-refractivity contribution in [1.82, 2.24) is 19.8 Å². The number of hydrogen-bond donors (Lipinski definition) is 1. The van der Waals surface area contributed by atoms with Gasteiger partial charge in [0.2, 0.25) is 0 Å². The van der Waals surface area contributed by atoms with Gasteiger partial charge in [0.05, 0.1) is 11.7 Å². The molecule has 0 aliphatic carbocycles. The lowest BCUT2D eigenvalue weighted by atomic mass is 10.1. The first-order valence-corrected chi connectivity index (χ1v) is 10.1. The molecule has 2 aliphatic rings. The molecule has 0 fully saturated rings. The Morgan fingerprint density at radius 2 is 1.96 bits per heavy atom. The normalized spacial score (nSPS) is 16.8. The van der Waals surface area contributed by atoms with Gasteiger partial charge in [-0.1, -0.05) is 24.3 Å². The fourth-order valence-electron chi connectivity index (χ4n) is 4.14. The molecule has 0 saturated heterocycles. The third-order valence-electron chi connectivity index (χ3n) is 5.48. The fraction of sp³-hybridized carbons (Fsp3) is 0.400. The number of benzene rings is 1. The van der Waals surface area contributed by atoms with Gasteiger partial charge in [-0.3, -0.25) is 14.3 Å². The molecule has 1 aromatic carbocycles. The van der Waals surface area contributed by atoms with E-state index in [1.54, 1.807) is 22.2 Å². The molecule has 2 aliphatic heterocycles. The summed E-state index contributed by atoms with van der Waals surface area (Å²) in [4.78, 5) is 22.2. The number of hydrogen-bond acceptors (Lipinski definition) is 5. The van der Waals surface area contributed by atoms with Gasteiger partial charge in [-0.25, -0.2) is 4.98 Å². The maximum atomic E-state index is 13.0. The van der Waals surface area contributed by atoms with E-state index < -0.39 is 0 Å². The molecule has 1 N–H and O–H groups in total. The molecule has 4 heterocycles. The number of nitrogens with zero attached hydrogens (tertiary/aromatic N) is 3. The van der Waals surface area contributed by atoms with Crippen molar-refractivity contribution in [2.24, 2.45) is 0 Å². The summed E-state index contributed by atoms with van der Waals surface area (Å²) in [6.45, 7) is 5.59. The monoisotopic (exact) mass is 366 g/mol. The zero-order chi connectivity index (χ0) is 17.5. The predicted octanol–water partition coefficient (Wildman–Crippen LogP) is 2.51. The first kappa shape index (κ1) is 16.2. The Bertz CT molecular complexity index is 997. The van der Waals surface area contributed by atoms with Crippen molar-refractivity contribution in [2.45, 2.75) is 39.0 Å². The molecule has 26 heavy (non-hydrogen) atoms. The van der Waals surface area contributed by atoms with Crippen molar-refractivity contribution >= 4 is 21.6 Å². The largest absolute Gasteiger partial charge is 0.312 e. The summed E-state index contributed by atoms with van der Waals surface area (Å²) in [6, 6.07) is 8.65. The first-order chi connectivity index (χ1) is 12.8. The summed E-state index contributed by atoms with van der Waals surface area (Å²) in [5, 5.41) is 4.24. The molecule has 0 atom stereocenters. The molecule has 0 unspecified atom stereocenters. The topological polar surface area (TPSA) is 50.2 Å². The van der Waals surface area contributed by atoms with E-state index in [0.29, 0.717) is 0 Å². The maximum Gasteiger partial charge on any atom is 0.262 e. The van der Waals surface area contributed by atoms with Gasteiger partial charge >= 0.3 is 0 Å². The van der Waals surface area contributed by atoms with Gasteiger partial charge in [-0.15, -0.1) is 11.3 Å². The molecule has 0 saturated carbocycles. The number of aryl methyl sites for hydroxylation is 1. The lowest BCUT2D eigenvalue weighted by molar-refractivity contribution is 0.274. The molecule has 2 aromatic heterocycles. The third kappa shape index (κ3) is 2.78. The van der Waals surface area contributed by atoms with Crippen LogP contribution in [-0.4, -0.2) is 27.5 Å². The van der Waals surface area contributed by atoms with Gasteiger partial charge in [0.15, 0.2) is 0 Å². The Morgan fingerprint density at radius 1 is 1.15 bits per heavy atom. The number of rotatable bonds is 4. The summed E-state index contributed by atoms with van der Waals surface area (Å²) in [7, 11) is 0. The molecule has 134 valence electrons. The van der Waals surface area contributed by atoms with E-state index >= 15 is 0 Å².